The van der Waals surface area contributed by atoms with Gasteiger partial charge in [0.15, 0.2) is 6.10 Å². The van der Waals surface area contributed by atoms with Crippen molar-refractivity contribution in [1.29, 1.82) is 0 Å². The standard InChI is InChI=1S/C45H75O13P/c1-3-5-7-9-11-13-15-17-19-21-23-25-27-29-31-33-38(46)55-35-37(36-56-59(53,54)58-45-43(51)41(49)40(48)42(50)44(45)52)57-39(47)34-32-30-28-26-24-22-20-18-16-14-12-10-8-6-4-2/h6,8,12,14,17-20,23-26,37,40-45,48-52H,3-5,7,9-11,13,15-16,21-22,27-36H2,1-2H3,(H,53,54)/b8-6+,14-12+,19-17+,20-18+,25-23+,26-24+/t37-,40?,41-,42?,43?,44?,45?/m1/s1. The van der Waals surface area contributed by atoms with Gasteiger partial charge in [0.1, 0.15) is 43.2 Å². The van der Waals surface area contributed by atoms with Crippen LogP contribution in [-0.2, 0) is 32.7 Å². The van der Waals surface area contributed by atoms with Crippen molar-refractivity contribution >= 4 is 19.8 Å². The molecule has 0 aromatic rings. The fraction of sp³-hybridized carbons (Fsp3) is 0.689. The smallest absolute Gasteiger partial charge is 0.462 e. The second-order valence-corrected chi connectivity index (χ2v) is 16.2. The Bertz CT molecular complexity index is 1310. The number of aliphatic hydroxyl groups is 5. The van der Waals surface area contributed by atoms with Gasteiger partial charge in [0.2, 0.25) is 0 Å². The summed E-state index contributed by atoms with van der Waals surface area (Å²) in [6.07, 6.45) is 29.7. The molecule has 59 heavy (non-hydrogen) atoms. The van der Waals surface area contributed by atoms with Crippen molar-refractivity contribution in [3.8, 4) is 0 Å². The fourth-order valence-corrected chi connectivity index (χ4v) is 6.98. The molecule has 1 fully saturated rings. The Morgan fingerprint density at radius 2 is 0.966 bits per heavy atom. The predicted molar refractivity (Wildman–Crippen MR) is 230 cm³/mol. The Kier molecular flexibility index (Phi) is 32.2. The molecule has 1 aliphatic rings. The Morgan fingerprint density at radius 3 is 1.47 bits per heavy atom. The number of allylic oxidation sites excluding steroid dienone is 12. The van der Waals surface area contributed by atoms with Crippen molar-refractivity contribution < 1.29 is 63.1 Å². The largest absolute Gasteiger partial charge is 0.472 e. The third-order valence-corrected chi connectivity index (χ3v) is 10.5. The summed E-state index contributed by atoms with van der Waals surface area (Å²) in [4.78, 5) is 35.6. The van der Waals surface area contributed by atoms with Gasteiger partial charge in [-0.2, -0.15) is 0 Å². The van der Waals surface area contributed by atoms with E-state index in [-0.39, 0.29) is 12.8 Å². The van der Waals surface area contributed by atoms with Gasteiger partial charge in [0.05, 0.1) is 6.61 Å². The highest BCUT2D eigenvalue weighted by molar-refractivity contribution is 7.47. The fourth-order valence-electron chi connectivity index (χ4n) is 6.01. The molecule has 0 aliphatic heterocycles. The SMILES string of the molecule is CC/C=C/C/C=C/C/C=C/C/C=C/CCCCC(=O)O[C@H](COC(=O)CCCC/C=C/C/C=C/CCCCCCCC)COP(=O)(O)OC1C(O)C(O)C(O)[C@@H](O)C1O. The molecule has 0 bridgehead atoms. The van der Waals surface area contributed by atoms with Gasteiger partial charge in [-0.3, -0.25) is 18.6 Å². The first-order valence-electron chi connectivity index (χ1n) is 21.7. The maximum Gasteiger partial charge on any atom is 0.472 e. The molecular formula is C45H75O13P. The van der Waals surface area contributed by atoms with E-state index in [2.05, 4.69) is 80.7 Å². The van der Waals surface area contributed by atoms with Gasteiger partial charge >= 0.3 is 19.8 Å². The van der Waals surface area contributed by atoms with Gasteiger partial charge in [0, 0.05) is 12.8 Å². The van der Waals surface area contributed by atoms with E-state index < -0.39 is 75.7 Å². The lowest BCUT2D eigenvalue weighted by Gasteiger charge is -2.41. The van der Waals surface area contributed by atoms with E-state index in [9.17, 15) is 44.6 Å². The van der Waals surface area contributed by atoms with Gasteiger partial charge < -0.3 is 39.9 Å². The summed E-state index contributed by atoms with van der Waals surface area (Å²) in [6, 6.07) is 0. The molecular weight excluding hydrogens is 779 g/mol. The number of hydrogen-bond acceptors (Lipinski definition) is 12. The topological polar surface area (TPSA) is 210 Å². The first-order chi connectivity index (χ1) is 28.4. The zero-order chi connectivity index (χ0) is 43.6. The van der Waals surface area contributed by atoms with E-state index in [4.69, 9.17) is 18.5 Å². The summed E-state index contributed by atoms with van der Waals surface area (Å²) in [6.45, 7) is 3.09. The van der Waals surface area contributed by atoms with Crippen LogP contribution in [-0.4, -0.2) is 98.3 Å². The van der Waals surface area contributed by atoms with Gasteiger partial charge in [-0.05, 0) is 83.5 Å². The molecule has 13 nitrogen and oxygen atoms in total. The third-order valence-electron chi connectivity index (χ3n) is 9.53. The normalized spacial score (nSPS) is 23.1. The van der Waals surface area contributed by atoms with Gasteiger partial charge in [0.25, 0.3) is 0 Å². The van der Waals surface area contributed by atoms with E-state index in [0.29, 0.717) is 19.3 Å². The zero-order valence-electron chi connectivity index (χ0n) is 35.5. The highest BCUT2D eigenvalue weighted by atomic mass is 31.2. The lowest BCUT2D eigenvalue weighted by atomic mass is 9.85. The highest BCUT2D eigenvalue weighted by Gasteiger charge is 2.51. The molecule has 0 heterocycles. The van der Waals surface area contributed by atoms with Crippen molar-refractivity contribution in [2.24, 2.45) is 0 Å². The van der Waals surface area contributed by atoms with Gasteiger partial charge in [-0.15, -0.1) is 0 Å². The van der Waals surface area contributed by atoms with E-state index in [1.165, 1.54) is 38.5 Å². The number of aliphatic hydroxyl groups excluding tert-OH is 5. The van der Waals surface area contributed by atoms with Crippen LogP contribution in [0.3, 0.4) is 0 Å². The minimum absolute atomic E-state index is 0.0340. The summed E-state index contributed by atoms with van der Waals surface area (Å²) in [5.74, 6) is -1.19. The summed E-state index contributed by atoms with van der Waals surface area (Å²) in [5, 5.41) is 50.1. The third kappa shape index (κ3) is 27.7. The average Bonchev–Trinajstić information content (AvgIpc) is 3.21. The van der Waals surface area contributed by atoms with E-state index >= 15 is 0 Å². The molecule has 8 atom stereocenters. The quantitative estimate of drug-likeness (QED) is 0.0157. The molecule has 0 saturated heterocycles. The van der Waals surface area contributed by atoms with Crippen LogP contribution < -0.4 is 0 Å². The summed E-state index contributed by atoms with van der Waals surface area (Å²) >= 11 is 0. The number of hydrogen-bond donors (Lipinski definition) is 6. The Labute approximate surface area is 353 Å². The lowest BCUT2D eigenvalue weighted by Crippen LogP contribution is -2.64. The van der Waals surface area contributed by atoms with Crippen LogP contribution in [0.4, 0.5) is 0 Å². The Balaban J connectivity index is 2.56. The minimum Gasteiger partial charge on any atom is -0.462 e. The van der Waals surface area contributed by atoms with Crippen LogP contribution in [0.1, 0.15) is 142 Å². The Morgan fingerprint density at radius 1 is 0.542 bits per heavy atom. The molecule has 0 amide bonds. The van der Waals surface area contributed by atoms with E-state index in [0.717, 1.165) is 57.8 Å². The minimum atomic E-state index is -5.14. The van der Waals surface area contributed by atoms with E-state index in [1.807, 2.05) is 6.08 Å². The molecule has 0 aromatic carbocycles. The average molecular weight is 855 g/mol. The van der Waals surface area contributed by atoms with Crippen LogP contribution in [0.2, 0.25) is 0 Å². The molecule has 6 unspecified atom stereocenters. The molecule has 6 N–H and O–H groups in total. The van der Waals surface area contributed by atoms with Crippen molar-refractivity contribution in [3.05, 3.63) is 72.9 Å². The molecule has 1 aliphatic carbocycles. The number of carbonyl (C=O) groups excluding carboxylic acids is 2. The van der Waals surface area contributed by atoms with Crippen molar-refractivity contribution in [3.63, 3.8) is 0 Å². The maximum atomic E-state index is 12.8. The van der Waals surface area contributed by atoms with Gasteiger partial charge in [-0.1, -0.05) is 119 Å². The van der Waals surface area contributed by atoms with Crippen LogP contribution in [0.25, 0.3) is 0 Å². The second kappa shape index (κ2) is 34.9. The molecule has 0 radical (unpaired) electrons. The maximum absolute atomic E-state index is 12.8. The molecule has 14 heteroatoms. The van der Waals surface area contributed by atoms with Crippen LogP contribution >= 0.6 is 7.82 Å². The number of ether oxygens (including phenoxy) is 2. The summed E-state index contributed by atoms with van der Waals surface area (Å²) in [5.41, 5.74) is 0. The summed E-state index contributed by atoms with van der Waals surface area (Å²) in [7, 11) is -5.14. The van der Waals surface area contributed by atoms with Crippen LogP contribution in [0, 0.1) is 0 Å². The molecule has 338 valence electrons. The number of unbranched alkanes of at least 4 members (excludes halogenated alkanes) is 10. The highest BCUT2D eigenvalue weighted by Crippen LogP contribution is 2.47. The number of esters is 2. The first kappa shape index (κ1) is 54.3. The molecule has 1 rings (SSSR count). The predicted octanol–water partition coefficient (Wildman–Crippen LogP) is 7.94. The lowest BCUT2D eigenvalue weighted by molar-refractivity contribution is -0.220. The summed E-state index contributed by atoms with van der Waals surface area (Å²) < 4.78 is 33.4. The number of phosphoric ester groups is 1. The van der Waals surface area contributed by atoms with Crippen molar-refractivity contribution in [1.82, 2.24) is 0 Å². The first-order valence-corrected chi connectivity index (χ1v) is 23.2. The van der Waals surface area contributed by atoms with E-state index in [1.54, 1.807) is 0 Å². The molecule has 0 spiro atoms. The molecule has 0 aromatic heterocycles. The van der Waals surface area contributed by atoms with Gasteiger partial charge in [-0.25, -0.2) is 4.57 Å². The number of carbonyl (C=O) groups is 2. The van der Waals surface area contributed by atoms with Crippen molar-refractivity contribution in [2.45, 2.75) is 185 Å². The number of rotatable bonds is 34. The molecule has 1 saturated carbocycles. The van der Waals surface area contributed by atoms with Crippen LogP contribution in [0.5, 0.6) is 0 Å². The zero-order valence-corrected chi connectivity index (χ0v) is 36.4. The second-order valence-electron chi connectivity index (χ2n) is 14.8. The monoisotopic (exact) mass is 854 g/mol. The number of phosphoric acid groups is 1. The van der Waals surface area contributed by atoms with Crippen molar-refractivity contribution in [2.75, 3.05) is 13.2 Å². The Hall–Kier alpha value is -2.71. The van der Waals surface area contributed by atoms with Crippen LogP contribution in [0.15, 0.2) is 72.9 Å².